The number of amides is 1. The molecule has 0 fully saturated rings. The fourth-order valence-electron chi connectivity index (χ4n) is 3.42. The molecule has 3 rings (SSSR count). The molecule has 1 heterocycles. The molecule has 1 unspecified atom stereocenters. The fourth-order valence-corrected chi connectivity index (χ4v) is 3.42. The molecule has 0 aliphatic carbocycles. The third kappa shape index (κ3) is 4.77. The van der Waals surface area contributed by atoms with Crippen LogP contribution in [-0.4, -0.2) is 10.9 Å². The van der Waals surface area contributed by atoms with Gasteiger partial charge >= 0.3 is 0 Å². The summed E-state index contributed by atoms with van der Waals surface area (Å²) in [4.78, 5) is 27.3. The number of H-pyrrole nitrogens is 1. The standard InChI is InChI=1S/C24H26N2O2/c1-16(14-19-7-5-4-6-8-19)20-9-11-21(12-10-20)23(27)25-15-22-17(2)13-18(3)26-24(22)28/h4-13,16H,14-15H2,1-3H3,(H,25,27)(H,26,28). The van der Waals surface area contributed by atoms with Crippen molar-refractivity contribution in [1.82, 2.24) is 10.3 Å². The average Bonchev–Trinajstić information content (AvgIpc) is 2.68. The summed E-state index contributed by atoms with van der Waals surface area (Å²) in [5, 5.41) is 2.85. The van der Waals surface area contributed by atoms with Gasteiger partial charge in [-0.25, -0.2) is 0 Å². The van der Waals surface area contributed by atoms with Crippen LogP contribution in [0.2, 0.25) is 0 Å². The Morgan fingerprint density at radius 3 is 2.36 bits per heavy atom. The monoisotopic (exact) mass is 374 g/mol. The van der Waals surface area contributed by atoms with Crippen molar-refractivity contribution >= 4 is 5.91 Å². The van der Waals surface area contributed by atoms with Crippen LogP contribution < -0.4 is 10.9 Å². The molecule has 3 aromatic rings. The first-order chi connectivity index (χ1) is 13.4. The number of hydrogen-bond acceptors (Lipinski definition) is 2. The smallest absolute Gasteiger partial charge is 0.253 e. The lowest BCUT2D eigenvalue weighted by molar-refractivity contribution is 0.0950. The summed E-state index contributed by atoms with van der Waals surface area (Å²) in [6.45, 7) is 6.13. The van der Waals surface area contributed by atoms with Gasteiger partial charge in [-0.2, -0.15) is 0 Å². The van der Waals surface area contributed by atoms with Crippen LogP contribution in [0.25, 0.3) is 0 Å². The molecule has 0 saturated carbocycles. The molecule has 1 atom stereocenters. The minimum atomic E-state index is -0.179. The number of carbonyl (C=O) groups is 1. The molecule has 1 aromatic heterocycles. The Morgan fingerprint density at radius 2 is 1.71 bits per heavy atom. The highest BCUT2D eigenvalue weighted by Gasteiger charge is 2.11. The highest BCUT2D eigenvalue weighted by Crippen LogP contribution is 2.21. The number of aromatic nitrogens is 1. The highest BCUT2D eigenvalue weighted by atomic mass is 16.1. The van der Waals surface area contributed by atoms with Gasteiger partial charge in [-0.3, -0.25) is 9.59 Å². The number of aromatic amines is 1. The number of hydrogen-bond donors (Lipinski definition) is 2. The summed E-state index contributed by atoms with van der Waals surface area (Å²) >= 11 is 0. The third-order valence-electron chi connectivity index (χ3n) is 5.05. The van der Waals surface area contributed by atoms with Crippen molar-refractivity contribution in [3.8, 4) is 0 Å². The van der Waals surface area contributed by atoms with Crippen LogP contribution in [-0.2, 0) is 13.0 Å². The van der Waals surface area contributed by atoms with Crippen LogP contribution >= 0.6 is 0 Å². The van der Waals surface area contributed by atoms with E-state index in [1.54, 1.807) is 0 Å². The summed E-state index contributed by atoms with van der Waals surface area (Å²) < 4.78 is 0. The number of rotatable bonds is 6. The minimum Gasteiger partial charge on any atom is -0.348 e. The lowest BCUT2D eigenvalue weighted by Crippen LogP contribution is -2.27. The van der Waals surface area contributed by atoms with E-state index in [1.165, 1.54) is 11.1 Å². The van der Waals surface area contributed by atoms with Crippen LogP contribution in [0.4, 0.5) is 0 Å². The van der Waals surface area contributed by atoms with Crippen LogP contribution in [0.5, 0.6) is 0 Å². The van der Waals surface area contributed by atoms with E-state index in [2.05, 4.69) is 41.5 Å². The summed E-state index contributed by atoms with van der Waals surface area (Å²) in [5.74, 6) is 0.190. The van der Waals surface area contributed by atoms with Crippen LogP contribution in [0, 0.1) is 13.8 Å². The van der Waals surface area contributed by atoms with E-state index in [0.717, 1.165) is 17.7 Å². The second-order valence-electron chi connectivity index (χ2n) is 7.34. The van der Waals surface area contributed by atoms with Gasteiger partial charge in [0.25, 0.3) is 11.5 Å². The first-order valence-electron chi connectivity index (χ1n) is 9.55. The maximum absolute atomic E-state index is 12.5. The molecule has 1 amide bonds. The highest BCUT2D eigenvalue weighted by molar-refractivity contribution is 5.94. The van der Waals surface area contributed by atoms with Gasteiger partial charge in [0, 0.05) is 23.4 Å². The van der Waals surface area contributed by atoms with Gasteiger partial charge in [0.2, 0.25) is 0 Å². The van der Waals surface area contributed by atoms with E-state index in [4.69, 9.17) is 0 Å². The molecule has 2 aromatic carbocycles. The zero-order valence-corrected chi connectivity index (χ0v) is 16.6. The number of aryl methyl sites for hydroxylation is 2. The molecule has 4 heteroatoms. The topological polar surface area (TPSA) is 62.0 Å². The molecule has 2 N–H and O–H groups in total. The molecular formula is C24H26N2O2. The number of pyridine rings is 1. The molecule has 0 aliphatic heterocycles. The van der Waals surface area contributed by atoms with Crippen LogP contribution in [0.15, 0.2) is 65.5 Å². The van der Waals surface area contributed by atoms with Crippen molar-refractivity contribution in [3.63, 3.8) is 0 Å². The predicted molar refractivity (Wildman–Crippen MR) is 113 cm³/mol. The van der Waals surface area contributed by atoms with Gasteiger partial charge in [0.1, 0.15) is 0 Å². The zero-order chi connectivity index (χ0) is 20.1. The van der Waals surface area contributed by atoms with Gasteiger partial charge in [0.15, 0.2) is 0 Å². The fraction of sp³-hybridized carbons (Fsp3) is 0.250. The first-order valence-corrected chi connectivity index (χ1v) is 9.55. The molecule has 0 saturated heterocycles. The average molecular weight is 374 g/mol. The predicted octanol–water partition coefficient (Wildman–Crippen LogP) is 4.27. The van der Waals surface area contributed by atoms with Crippen molar-refractivity contribution in [1.29, 1.82) is 0 Å². The van der Waals surface area contributed by atoms with E-state index >= 15 is 0 Å². The third-order valence-corrected chi connectivity index (χ3v) is 5.05. The Balaban J connectivity index is 1.63. The number of nitrogens with one attached hydrogen (secondary N) is 2. The molecule has 4 nitrogen and oxygen atoms in total. The molecule has 0 aliphatic rings. The second kappa shape index (κ2) is 8.70. The quantitative estimate of drug-likeness (QED) is 0.677. The molecule has 0 spiro atoms. The molecule has 0 radical (unpaired) electrons. The zero-order valence-electron chi connectivity index (χ0n) is 16.6. The lowest BCUT2D eigenvalue weighted by Gasteiger charge is -2.13. The van der Waals surface area contributed by atoms with E-state index in [0.29, 0.717) is 17.0 Å². The van der Waals surface area contributed by atoms with Crippen molar-refractivity contribution in [2.24, 2.45) is 0 Å². The van der Waals surface area contributed by atoms with E-state index in [9.17, 15) is 9.59 Å². The van der Waals surface area contributed by atoms with Crippen LogP contribution in [0.1, 0.15) is 51.1 Å². The van der Waals surface area contributed by atoms with Crippen molar-refractivity contribution < 1.29 is 4.79 Å². The normalized spacial score (nSPS) is 11.8. The summed E-state index contributed by atoms with van der Waals surface area (Å²) in [6.07, 6.45) is 0.960. The maximum Gasteiger partial charge on any atom is 0.253 e. The first kappa shape index (κ1) is 19.6. The van der Waals surface area contributed by atoms with Gasteiger partial charge < -0.3 is 10.3 Å². The summed E-state index contributed by atoms with van der Waals surface area (Å²) in [6, 6.07) is 20.0. The Kier molecular flexibility index (Phi) is 6.09. The molecular weight excluding hydrogens is 348 g/mol. The summed E-state index contributed by atoms with van der Waals surface area (Å²) in [5.41, 5.74) is 5.23. The van der Waals surface area contributed by atoms with Crippen LogP contribution in [0.3, 0.4) is 0 Å². The molecule has 28 heavy (non-hydrogen) atoms. The van der Waals surface area contributed by atoms with Gasteiger partial charge in [0.05, 0.1) is 0 Å². The van der Waals surface area contributed by atoms with Gasteiger partial charge in [-0.15, -0.1) is 0 Å². The van der Waals surface area contributed by atoms with Crippen molar-refractivity contribution in [2.45, 2.75) is 39.7 Å². The molecule has 0 bridgehead atoms. The Hall–Kier alpha value is -3.14. The SMILES string of the molecule is Cc1cc(C)c(CNC(=O)c2ccc(C(C)Cc3ccccc3)cc2)c(=O)[nH]1. The van der Waals surface area contributed by atoms with Crippen molar-refractivity contribution in [2.75, 3.05) is 0 Å². The van der Waals surface area contributed by atoms with E-state index < -0.39 is 0 Å². The lowest BCUT2D eigenvalue weighted by atomic mass is 9.93. The van der Waals surface area contributed by atoms with Crippen molar-refractivity contribution in [3.05, 3.63) is 105 Å². The van der Waals surface area contributed by atoms with Gasteiger partial charge in [-0.05, 0) is 61.1 Å². The Bertz CT molecular complexity index is 1010. The maximum atomic E-state index is 12.5. The number of benzene rings is 2. The molecule has 144 valence electrons. The Morgan fingerprint density at radius 1 is 1.04 bits per heavy atom. The largest absolute Gasteiger partial charge is 0.348 e. The second-order valence-corrected chi connectivity index (χ2v) is 7.34. The summed E-state index contributed by atoms with van der Waals surface area (Å²) in [7, 11) is 0. The number of carbonyl (C=O) groups excluding carboxylic acids is 1. The van der Waals surface area contributed by atoms with E-state index in [-0.39, 0.29) is 18.0 Å². The Labute approximate surface area is 165 Å². The van der Waals surface area contributed by atoms with E-state index in [1.807, 2.05) is 50.2 Å². The van der Waals surface area contributed by atoms with Gasteiger partial charge in [-0.1, -0.05) is 49.4 Å². The minimum absolute atomic E-state index is 0.150.